The van der Waals surface area contributed by atoms with Crippen LogP contribution in [0.3, 0.4) is 0 Å². The van der Waals surface area contributed by atoms with Gasteiger partial charge >= 0.3 is 25.6 Å². The molecule has 55 valence electrons. The van der Waals surface area contributed by atoms with Crippen LogP contribution in [-0.2, 0) is 14.7 Å². The molecule has 0 unspecified atom stereocenters. The predicted molar refractivity (Wildman–Crippen MR) is 14.2 cm³/mol. The molecule has 0 aromatic heterocycles. The first kappa shape index (κ1) is 27.2. The monoisotopic (exact) mass is 169 g/mol. The van der Waals surface area contributed by atoms with E-state index in [1.54, 1.807) is 0 Å². The van der Waals surface area contributed by atoms with Crippen LogP contribution < -0.4 is 0 Å². The zero-order valence-corrected chi connectivity index (χ0v) is 3.94. The van der Waals surface area contributed by atoms with E-state index in [4.69, 9.17) is 0 Å². The molecule has 0 spiro atoms. The Morgan fingerprint density at radius 3 is 0.714 bits per heavy atom. The summed E-state index contributed by atoms with van der Waals surface area (Å²) in [6, 6.07) is 0. The van der Waals surface area contributed by atoms with Crippen LogP contribution in [0.1, 0.15) is 0 Å². The van der Waals surface area contributed by atoms with Crippen LogP contribution in [0.2, 0.25) is 0 Å². The van der Waals surface area contributed by atoms with Gasteiger partial charge in [0.05, 0.1) is 0 Å². The number of hydrogen-bond acceptors (Lipinski definition) is 0. The average Bonchev–Trinajstić information content (AvgIpc) is 0.811. The van der Waals surface area contributed by atoms with Crippen molar-refractivity contribution < 1.29 is 42.0 Å². The van der Waals surface area contributed by atoms with Crippen LogP contribution in [0.25, 0.3) is 0 Å². The summed E-state index contributed by atoms with van der Waals surface area (Å²) in [5.41, 5.74) is 0. The van der Waals surface area contributed by atoms with E-state index in [-0.39, 0.29) is 16.4 Å². The summed E-state index contributed by atoms with van der Waals surface area (Å²) in [5, 5.41) is 0. The Morgan fingerprint density at radius 1 is 0.714 bits per heavy atom. The van der Waals surface area contributed by atoms with Crippen molar-refractivity contribution in [2.75, 3.05) is 0 Å². The molecule has 0 bridgehead atoms. The third kappa shape index (κ3) is 4000. The van der Waals surface area contributed by atoms with Crippen LogP contribution in [0.15, 0.2) is 0 Å². The third-order valence-electron chi connectivity index (χ3n) is 0. The van der Waals surface area contributed by atoms with Crippen molar-refractivity contribution in [1.29, 1.82) is 0 Å². The Morgan fingerprint density at radius 2 is 0.714 bits per heavy atom. The molecule has 7 heteroatoms. The summed E-state index contributed by atoms with van der Waals surface area (Å²) >= 11 is -3.96. The fourth-order valence-electron chi connectivity index (χ4n) is 0. The van der Waals surface area contributed by atoms with Crippen molar-refractivity contribution in [2.45, 2.75) is 0 Å². The van der Waals surface area contributed by atoms with Crippen molar-refractivity contribution in [3.05, 3.63) is 0 Å². The van der Waals surface area contributed by atoms with Crippen LogP contribution in [0.5, 0.6) is 0 Å². The summed E-state index contributed by atoms with van der Waals surface area (Å²) in [4.78, 5) is 0. The van der Waals surface area contributed by atoms with Crippen molar-refractivity contribution in [3.63, 3.8) is 0 Å². The summed E-state index contributed by atoms with van der Waals surface area (Å²) in [5.74, 6) is 0. The molecule has 0 amide bonds. The van der Waals surface area contributed by atoms with E-state index in [1.807, 2.05) is 0 Å². The summed E-state index contributed by atoms with van der Waals surface area (Å²) in [6.07, 6.45) is 0. The molecular formula is H6F3NiO3. The van der Waals surface area contributed by atoms with Gasteiger partial charge in [-0.15, -0.1) is 0 Å². The van der Waals surface area contributed by atoms with E-state index in [9.17, 15) is 10.8 Å². The van der Waals surface area contributed by atoms with E-state index in [1.165, 1.54) is 0 Å². The van der Waals surface area contributed by atoms with E-state index < -0.39 is 14.7 Å². The summed E-state index contributed by atoms with van der Waals surface area (Å²) < 4.78 is 29.1. The first-order valence-electron chi connectivity index (χ1n) is 0.359. The molecular weight excluding hydrogens is 164 g/mol. The van der Waals surface area contributed by atoms with Crippen molar-refractivity contribution >= 4 is 0 Å². The van der Waals surface area contributed by atoms with Gasteiger partial charge in [0.2, 0.25) is 0 Å². The molecule has 3 nitrogen and oxygen atoms in total. The van der Waals surface area contributed by atoms with Crippen molar-refractivity contribution in [1.82, 2.24) is 0 Å². The Labute approximate surface area is 43.0 Å². The molecule has 0 heterocycles. The van der Waals surface area contributed by atoms with Gasteiger partial charge in [-0.1, -0.05) is 0 Å². The molecule has 0 aliphatic rings. The Balaban J connectivity index is -0.0000000150. The quantitative estimate of drug-likeness (QED) is 0.407. The van der Waals surface area contributed by atoms with Crippen LogP contribution in [0.4, 0.5) is 10.8 Å². The van der Waals surface area contributed by atoms with Gasteiger partial charge in [0.25, 0.3) is 0 Å². The minimum absolute atomic E-state index is 0. The molecule has 0 radical (unpaired) electrons. The Hall–Kier alpha value is 0.164. The number of halogens is 3. The van der Waals surface area contributed by atoms with Gasteiger partial charge in [-0.2, -0.15) is 0 Å². The first-order valence-corrected chi connectivity index (χ1v) is 1.48. The van der Waals surface area contributed by atoms with Gasteiger partial charge in [0.1, 0.15) is 0 Å². The van der Waals surface area contributed by atoms with Crippen LogP contribution >= 0.6 is 0 Å². The zero-order chi connectivity index (χ0) is 3.58. The van der Waals surface area contributed by atoms with Gasteiger partial charge in [-0.3, -0.25) is 0 Å². The molecule has 0 aromatic carbocycles. The topological polar surface area (TPSA) is 94.5 Å². The van der Waals surface area contributed by atoms with Crippen LogP contribution in [0, 0.1) is 0 Å². The minimum atomic E-state index is -3.96. The van der Waals surface area contributed by atoms with Gasteiger partial charge in [-0.25, -0.2) is 0 Å². The first-order chi connectivity index (χ1) is 1.73. The Bertz CT molecular complexity index is 14.9. The maximum absolute atomic E-state index is 9.71. The molecule has 7 heavy (non-hydrogen) atoms. The SMILES string of the molecule is O.O.O.[F][Ni]([F])[F]. The number of hydrogen-bond donors (Lipinski definition) is 0. The zero-order valence-electron chi connectivity index (χ0n) is 2.95. The second-order valence-corrected chi connectivity index (χ2v) is 0.559. The van der Waals surface area contributed by atoms with Crippen molar-refractivity contribution in [3.8, 4) is 0 Å². The molecule has 0 saturated carbocycles. The third-order valence-corrected chi connectivity index (χ3v) is 0. The predicted octanol–water partition coefficient (Wildman–Crippen LogP) is -1.22. The fourth-order valence-corrected chi connectivity index (χ4v) is 0. The van der Waals surface area contributed by atoms with Crippen LogP contribution in [-0.4, -0.2) is 16.4 Å². The van der Waals surface area contributed by atoms with Gasteiger partial charge in [0.15, 0.2) is 0 Å². The fraction of sp³-hybridized carbons (Fsp3) is 0. The molecule has 0 rings (SSSR count). The van der Waals surface area contributed by atoms with E-state index in [0.717, 1.165) is 0 Å². The van der Waals surface area contributed by atoms with Gasteiger partial charge in [0, 0.05) is 0 Å². The normalized spacial score (nSPS) is 6.43. The van der Waals surface area contributed by atoms with E-state index in [2.05, 4.69) is 0 Å². The molecule has 0 fully saturated rings. The molecule has 0 aliphatic carbocycles. The molecule has 0 atom stereocenters. The van der Waals surface area contributed by atoms with Gasteiger partial charge in [-0.05, 0) is 0 Å². The second-order valence-electron chi connectivity index (χ2n) is 0.136. The molecule has 0 saturated heterocycles. The molecule has 0 aliphatic heterocycles. The molecule has 6 N–H and O–H groups in total. The van der Waals surface area contributed by atoms with Gasteiger partial charge < -0.3 is 16.4 Å². The maximum atomic E-state index is 9.71. The van der Waals surface area contributed by atoms with Crippen molar-refractivity contribution in [2.24, 2.45) is 0 Å². The second kappa shape index (κ2) is 16.4. The summed E-state index contributed by atoms with van der Waals surface area (Å²) in [7, 11) is 0. The number of rotatable bonds is 0. The van der Waals surface area contributed by atoms with E-state index >= 15 is 0 Å². The van der Waals surface area contributed by atoms with E-state index in [0.29, 0.717) is 0 Å². The summed E-state index contributed by atoms with van der Waals surface area (Å²) in [6.45, 7) is 0. The molecule has 0 aromatic rings. The Kier molecular flexibility index (Phi) is 63.8. The standard InChI is InChI=1S/3FH.Ni.3H2O/h3*1H;;3*1H2/q;;;+3;;;/p-3. The average molecular weight is 170 g/mol.